The van der Waals surface area contributed by atoms with E-state index in [0.717, 1.165) is 5.56 Å². The molecule has 1 N–H and O–H groups in total. The van der Waals surface area contributed by atoms with E-state index in [1.54, 1.807) is 13.0 Å². The minimum Gasteiger partial charge on any atom is -0.505 e. The van der Waals surface area contributed by atoms with E-state index in [0.29, 0.717) is 5.56 Å². The van der Waals surface area contributed by atoms with E-state index in [4.69, 9.17) is 5.11 Å². The Hall–Kier alpha value is -1.05. The van der Waals surface area contributed by atoms with Crippen molar-refractivity contribution in [3.05, 3.63) is 29.1 Å². The molecule has 1 aromatic carbocycles. The minimum atomic E-state index is -0.523. The summed E-state index contributed by atoms with van der Waals surface area (Å²) in [6.45, 7) is 3.44. The molecule has 0 amide bonds. The summed E-state index contributed by atoms with van der Waals surface area (Å²) in [5, 5.41) is 8.91. The monoisotopic (exact) mass is 140 g/mol. The largest absolute Gasteiger partial charge is 0.505 e. The van der Waals surface area contributed by atoms with E-state index in [1.807, 2.05) is 6.92 Å². The molecule has 0 bridgehead atoms. The Morgan fingerprint density at radius 3 is 2.40 bits per heavy atom. The summed E-state index contributed by atoms with van der Waals surface area (Å²) in [5.74, 6) is -0.789. The van der Waals surface area contributed by atoms with Crippen molar-refractivity contribution in [3.63, 3.8) is 0 Å². The number of aryl methyl sites for hydroxylation is 2. The Morgan fingerprint density at radius 1 is 1.30 bits per heavy atom. The highest BCUT2D eigenvalue weighted by Crippen LogP contribution is 2.19. The topological polar surface area (TPSA) is 20.2 Å². The average Bonchev–Trinajstić information content (AvgIpc) is 1.82. The molecular weight excluding hydrogens is 131 g/mol. The van der Waals surface area contributed by atoms with Crippen LogP contribution in [-0.4, -0.2) is 5.11 Å². The third-order valence-corrected chi connectivity index (χ3v) is 1.38. The van der Waals surface area contributed by atoms with Gasteiger partial charge in [0.25, 0.3) is 0 Å². The average molecular weight is 140 g/mol. The summed E-state index contributed by atoms with van der Waals surface area (Å²) in [6, 6.07) is 3.09. The number of hydrogen-bond donors (Lipinski definition) is 1. The van der Waals surface area contributed by atoms with Crippen LogP contribution in [0, 0.1) is 19.7 Å². The summed E-state index contributed by atoms with van der Waals surface area (Å²) in [7, 11) is 0. The first-order chi connectivity index (χ1) is 4.61. The number of benzene rings is 1. The summed E-state index contributed by atoms with van der Waals surface area (Å²) in [4.78, 5) is 0. The number of aromatic hydroxyl groups is 1. The predicted octanol–water partition coefficient (Wildman–Crippen LogP) is 2.15. The molecule has 54 valence electrons. The van der Waals surface area contributed by atoms with E-state index >= 15 is 0 Å². The van der Waals surface area contributed by atoms with Gasteiger partial charge < -0.3 is 5.11 Å². The molecule has 0 spiro atoms. The number of halogens is 1. The highest BCUT2D eigenvalue weighted by atomic mass is 19.1. The van der Waals surface area contributed by atoms with Crippen molar-refractivity contribution in [2.75, 3.05) is 0 Å². The quantitative estimate of drug-likeness (QED) is 0.585. The molecule has 1 aromatic rings. The van der Waals surface area contributed by atoms with E-state index in [9.17, 15) is 4.39 Å². The first kappa shape index (κ1) is 7.06. The second-order valence-corrected chi connectivity index (χ2v) is 2.41. The molecule has 10 heavy (non-hydrogen) atoms. The van der Waals surface area contributed by atoms with Crippen LogP contribution in [0.1, 0.15) is 11.1 Å². The zero-order valence-electron chi connectivity index (χ0n) is 5.98. The second kappa shape index (κ2) is 2.29. The van der Waals surface area contributed by atoms with Gasteiger partial charge in [0, 0.05) is 0 Å². The molecule has 0 fully saturated rings. The first-order valence-corrected chi connectivity index (χ1v) is 3.07. The van der Waals surface area contributed by atoms with Gasteiger partial charge in [-0.05, 0) is 31.0 Å². The molecule has 1 nitrogen and oxygen atoms in total. The van der Waals surface area contributed by atoms with Gasteiger partial charge in [-0.15, -0.1) is 0 Å². The van der Waals surface area contributed by atoms with Crippen LogP contribution in [0.3, 0.4) is 0 Å². The Kier molecular flexibility index (Phi) is 1.62. The van der Waals surface area contributed by atoms with Crippen molar-refractivity contribution in [2.45, 2.75) is 13.8 Å². The maximum Gasteiger partial charge on any atom is 0.167 e. The van der Waals surface area contributed by atoms with E-state index in [1.165, 1.54) is 6.07 Å². The first-order valence-electron chi connectivity index (χ1n) is 3.07. The molecule has 0 aliphatic rings. The van der Waals surface area contributed by atoms with Crippen molar-refractivity contribution in [3.8, 4) is 5.75 Å². The lowest BCUT2D eigenvalue weighted by Crippen LogP contribution is -1.83. The van der Waals surface area contributed by atoms with Crippen molar-refractivity contribution in [1.82, 2.24) is 0 Å². The molecule has 0 radical (unpaired) electrons. The molecule has 0 aliphatic heterocycles. The van der Waals surface area contributed by atoms with Gasteiger partial charge in [-0.1, -0.05) is 6.07 Å². The van der Waals surface area contributed by atoms with Gasteiger partial charge in [-0.2, -0.15) is 0 Å². The van der Waals surface area contributed by atoms with Gasteiger partial charge in [0.2, 0.25) is 0 Å². The Bertz CT molecular complexity index is 232. The Balaban J connectivity index is 3.31. The van der Waals surface area contributed by atoms with Crippen LogP contribution < -0.4 is 0 Å². The van der Waals surface area contributed by atoms with Crippen LogP contribution in [0.2, 0.25) is 0 Å². The standard InChI is InChI=1S/C8H9FO/c1-5-3-6(2)8(9)7(10)4-5/h3-4,10H,1-2H3. The molecule has 0 aliphatic carbocycles. The lowest BCUT2D eigenvalue weighted by molar-refractivity contribution is 0.429. The summed E-state index contributed by atoms with van der Waals surface area (Å²) >= 11 is 0. The predicted molar refractivity (Wildman–Crippen MR) is 37.5 cm³/mol. The molecule has 1 rings (SSSR count). The number of rotatable bonds is 0. The number of hydrogen-bond acceptors (Lipinski definition) is 1. The van der Waals surface area contributed by atoms with Crippen LogP contribution >= 0.6 is 0 Å². The van der Waals surface area contributed by atoms with Crippen molar-refractivity contribution >= 4 is 0 Å². The number of phenolic OH excluding ortho intramolecular Hbond substituents is 1. The lowest BCUT2D eigenvalue weighted by Gasteiger charge is -1.99. The van der Waals surface area contributed by atoms with Gasteiger partial charge in [-0.25, -0.2) is 4.39 Å². The lowest BCUT2D eigenvalue weighted by atomic mass is 10.1. The third-order valence-electron chi connectivity index (χ3n) is 1.38. The maximum absolute atomic E-state index is 12.7. The van der Waals surface area contributed by atoms with Gasteiger partial charge in [0.1, 0.15) is 0 Å². The fraction of sp³-hybridized carbons (Fsp3) is 0.250. The zero-order valence-corrected chi connectivity index (χ0v) is 5.98. The van der Waals surface area contributed by atoms with Gasteiger partial charge in [-0.3, -0.25) is 0 Å². The van der Waals surface area contributed by atoms with E-state index in [-0.39, 0.29) is 5.75 Å². The smallest absolute Gasteiger partial charge is 0.167 e. The molecule has 0 heterocycles. The van der Waals surface area contributed by atoms with Crippen molar-refractivity contribution in [2.24, 2.45) is 0 Å². The zero-order chi connectivity index (χ0) is 7.72. The summed E-state index contributed by atoms with van der Waals surface area (Å²) in [5.41, 5.74) is 1.36. The minimum absolute atomic E-state index is 0.266. The highest BCUT2D eigenvalue weighted by Gasteiger charge is 2.02. The van der Waals surface area contributed by atoms with E-state index < -0.39 is 5.82 Å². The molecule has 0 atom stereocenters. The SMILES string of the molecule is Cc1cc(C)c(F)c(O)c1. The molecule has 0 saturated heterocycles. The number of phenols is 1. The van der Waals surface area contributed by atoms with Gasteiger partial charge in [0.05, 0.1) is 0 Å². The highest BCUT2D eigenvalue weighted by molar-refractivity contribution is 5.33. The fourth-order valence-electron chi connectivity index (χ4n) is 0.928. The van der Waals surface area contributed by atoms with Gasteiger partial charge in [0.15, 0.2) is 11.6 Å². The summed E-state index contributed by atoms with van der Waals surface area (Å²) in [6.07, 6.45) is 0. The van der Waals surface area contributed by atoms with E-state index in [2.05, 4.69) is 0 Å². The Labute approximate surface area is 59.1 Å². The molecule has 0 saturated carbocycles. The van der Waals surface area contributed by atoms with Gasteiger partial charge >= 0.3 is 0 Å². The fourth-order valence-corrected chi connectivity index (χ4v) is 0.928. The van der Waals surface area contributed by atoms with Crippen molar-refractivity contribution in [1.29, 1.82) is 0 Å². The van der Waals surface area contributed by atoms with Crippen molar-refractivity contribution < 1.29 is 9.50 Å². The van der Waals surface area contributed by atoms with Crippen LogP contribution in [-0.2, 0) is 0 Å². The van der Waals surface area contributed by atoms with Crippen LogP contribution in [0.5, 0.6) is 5.75 Å². The third kappa shape index (κ3) is 1.10. The molecule has 2 heteroatoms. The Morgan fingerprint density at radius 2 is 1.90 bits per heavy atom. The molecular formula is C8H9FO. The van der Waals surface area contributed by atoms with Crippen LogP contribution in [0.4, 0.5) is 4.39 Å². The molecule has 0 aromatic heterocycles. The summed E-state index contributed by atoms with van der Waals surface area (Å²) < 4.78 is 12.7. The maximum atomic E-state index is 12.7. The van der Waals surface area contributed by atoms with Crippen LogP contribution in [0.25, 0.3) is 0 Å². The van der Waals surface area contributed by atoms with Crippen LogP contribution in [0.15, 0.2) is 12.1 Å². The second-order valence-electron chi connectivity index (χ2n) is 2.41. The molecule has 0 unspecified atom stereocenters. The normalized spacial score (nSPS) is 9.90.